The number of hydrogen-bond donors (Lipinski definition) is 2. The molecule has 0 aliphatic carbocycles. The van der Waals surface area contributed by atoms with Crippen molar-refractivity contribution in [2.24, 2.45) is 21.1 Å². The Balaban J connectivity index is 2.48. The summed E-state index contributed by atoms with van der Waals surface area (Å²) in [6, 6.07) is 0. The normalized spacial score (nSPS) is 31.4. The molecule has 2 rings (SSSR count). The smallest absolute Gasteiger partial charge is 0.240 e. The third-order valence-electron chi connectivity index (χ3n) is 2.96. The first-order valence-corrected chi connectivity index (χ1v) is 4.89. The monoisotopic (exact) mass is 194 g/mol. The van der Waals surface area contributed by atoms with Gasteiger partial charge in [-0.25, -0.2) is 0 Å². The molecular weight excluding hydrogens is 180 g/mol. The molecule has 76 valence electrons. The minimum absolute atomic E-state index is 0.0500. The molecule has 0 aromatic rings. The molecule has 0 saturated carbocycles. The first kappa shape index (κ1) is 9.18. The van der Waals surface area contributed by atoms with Gasteiger partial charge in [0.25, 0.3) is 0 Å². The number of amides is 1. The minimum atomic E-state index is -0.513. The lowest BCUT2D eigenvalue weighted by atomic mass is 9.76. The largest absolute Gasteiger partial charge is 0.369 e. The molecule has 0 saturated heterocycles. The highest BCUT2D eigenvalue weighted by Crippen LogP contribution is 2.35. The molecule has 0 fully saturated rings. The summed E-state index contributed by atoms with van der Waals surface area (Å²) < 4.78 is 0. The number of aliphatic imine (C=N–C) groups is 2. The molecule has 0 aromatic heterocycles. The second-order valence-electron chi connectivity index (χ2n) is 3.70. The van der Waals surface area contributed by atoms with E-state index in [2.05, 4.69) is 15.3 Å². The Morgan fingerprint density at radius 2 is 2.43 bits per heavy atom. The van der Waals surface area contributed by atoms with Crippen LogP contribution in [-0.2, 0) is 4.79 Å². The van der Waals surface area contributed by atoms with Crippen LogP contribution in [-0.4, -0.2) is 24.2 Å². The molecule has 1 atom stereocenters. The van der Waals surface area contributed by atoms with Crippen molar-refractivity contribution in [2.45, 2.75) is 26.2 Å². The lowest BCUT2D eigenvalue weighted by molar-refractivity contribution is -0.127. The quantitative estimate of drug-likeness (QED) is 0.617. The van der Waals surface area contributed by atoms with E-state index in [9.17, 15) is 4.79 Å². The van der Waals surface area contributed by atoms with Crippen LogP contribution in [0.3, 0.4) is 0 Å². The Hall–Kier alpha value is -1.39. The van der Waals surface area contributed by atoms with E-state index in [-0.39, 0.29) is 11.9 Å². The zero-order valence-corrected chi connectivity index (χ0v) is 8.21. The van der Waals surface area contributed by atoms with Crippen LogP contribution in [0.15, 0.2) is 9.98 Å². The van der Waals surface area contributed by atoms with Crippen molar-refractivity contribution in [1.29, 1.82) is 0 Å². The highest BCUT2D eigenvalue weighted by Gasteiger charge is 2.45. The van der Waals surface area contributed by atoms with Crippen LogP contribution < -0.4 is 11.1 Å². The van der Waals surface area contributed by atoms with Crippen LogP contribution in [0.2, 0.25) is 0 Å². The predicted molar refractivity (Wildman–Crippen MR) is 54.0 cm³/mol. The fourth-order valence-electron chi connectivity index (χ4n) is 2.06. The van der Waals surface area contributed by atoms with E-state index >= 15 is 0 Å². The van der Waals surface area contributed by atoms with E-state index in [4.69, 9.17) is 5.73 Å². The van der Waals surface area contributed by atoms with E-state index < -0.39 is 5.41 Å². The van der Waals surface area contributed by atoms with Crippen LogP contribution in [0.4, 0.5) is 0 Å². The van der Waals surface area contributed by atoms with E-state index in [1.807, 2.05) is 6.92 Å². The van der Waals surface area contributed by atoms with Gasteiger partial charge in [-0.05, 0) is 19.3 Å². The Kier molecular flexibility index (Phi) is 2.02. The molecule has 0 aromatic carbocycles. The number of carbonyl (C=O) groups is 1. The Bertz CT molecular complexity index is 334. The maximum Gasteiger partial charge on any atom is 0.240 e. The number of hydrogen-bond acceptors (Lipinski definition) is 4. The number of nitrogens with two attached hydrogens (primary N) is 1. The summed E-state index contributed by atoms with van der Waals surface area (Å²) in [5.74, 6) is 0.734. The maximum atomic E-state index is 11.8. The lowest BCUT2D eigenvalue weighted by Crippen LogP contribution is -2.55. The minimum Gasteiger partial charge on any atom is -0.369 e. The molecular formula is C9H14N4O. The van der Waals surface area contributed by atoms with Gasteiger partial charge in [-0.1, -0.05) is 6.92 Å². The fourth-order valence-corrected chi connectivity index (χ4v) is 2.06. The van der Waals surface area contributed by atoms with Crippen LogP contribution in [0.5, 0.6) is 0 Å². The van der Waals surface area contributed by atoms with Crippen molar-refractivity contribution in [3.63, 3.8) is 0 Å². The van der Waals surface area contributed by atoms with Crippen LogP contribution >= 0.6 is 0 Å². The number of nitrogens with zero attached hydrogens (tertiary/aromatic N) is 2. The van der Waals surface area contributed by atoms with Gasteiger partial charge in [-0.2, -0.15) is 4.99 Å². The molecule has 0 radical (unpaired) electrons. The molecule has 14 heavy (non-hydrogen) atoms. The third kappa shape index (κ3) is 1.12. The Morgan fingerprint density at radius 1 is 1.64 bits per heavy atom. The number of rotatable bonds is 1. The van der Waals surface area contributed by atoms with Crippen molar-refractivity contribution in [3.05, 3.63) is 0 Å². The number of amidine groups is 1. The Labute approximate surface area is 82.5 Å². The van der Waals surface area contributed by atoms with Gasteiger partial charge in [0, 0.05) is 6.54 Å². The van der Waals surface area contributed by atoms with Gasteiger partial charge in [-0.3, -0.25) is 15.1 Å². The van der Waals surface area contributed by atoms with Gasteiger partial charge < -0.3 is 5.73 Å². The SMILES string of the molecule is CCC12CCCN=C1N=C(N)NC2=O. The molecule has 0 spiro atoms. The van der Waals surface area contributed by atoms with Gasteiger partial charge in [0.05, 0.1) is 0 Å². The lowest BCUT2D eigenvalue weighted by Gasteiger charge is -2.35. The van der Waals surface area contributed by atoms with Gasteiger partial charge in [0.2, 0.25) is 11.9 Å². The van der Waals surface area contributed by atoms with Crippen molar-refractivity contribution in [1.82, 2.24) is 5.32 Å². The number of nitrogens with one attached hydrogen (secondary N) is 1. The summed E-state index contributed by atoms with van der Waals surface area (Å²) >= 11 is 0. The van der Waals surface area contributed by atoms with Crippen molar-refractivity contribution in [2.75, 3.05) is 6.54 Å². The summed E-state index contributed by atoms with van der Waals surface area (Å²) in [6.45, 7) is 2.73. The standard InChI is InChI=1S/C9H14N4O/c1-2-9-4-3-5-11-6(9)12-8(10)13-7(9)14/h2-5H2,1H3,(H3,10,11,12,13,14). The zero-order valence-electron chi connectivity index (χ0n) is 8.21. The van der Waals surface area contributed by atoms with E-state index in [1.165, 1.54) is 0 Å². The first-order chi connectivity index (χ1) is 6.69. The van der Waals surface area contributed by atoms with Crippen LogP contribution in [0, 0.1) is 5.41 Å². The molecule has 1 unspecified atom stereocenters. The summed E-state index contributed by atoms with van der Waals surface area (Å²) in [7, 11) is 0. The van der Waals surface area contributed by atoms with Gasteiger partial charge in [-0.15, -0.1) is 0 Å². The number of guanidine groups is 1. The second kappa shape index (κ2) is 3.08. The summed E-state index contributed by atoms with van der Waals surface area (Å²) in [6.07, 6.45) is 2.50. The second-order valence-corrected chi connectivity index (χ2v) is 3.70. The van der Waals surface area contributed by atoms with E-state index in [0.29, 0.717) is 5.84 Å². The van der Waals surface area contributed by atoms with Gasteiger partial charge in [0.15, 0.2) is 0 Å². The molecule has 2 aliphatic rings. The zero-order chi connectivity index (χ0) is 10.2. The molecule has 3 N–H and O–H groups in total. The fraction of sp³-hybridized carbons (Fsp3) is 0.667. The first-order valence-electron chi connectivity index (χ1n) is 4.89. The van der Waals surface area contributed by atoms with Crippen LogP contribution in [0.25, 0.3) is 0 Å². The summed E-state index contributed by atoms with van der Waals surface area (Å²) in [5.41, 5.74) is 4.97. The average Bonchev–Trinajstić information content (AvgIpc) is 2.18. The van der Waals surface area contributed by atoms with Crippen molar-refractivity contribution in [3.8, 4) is 0 Å². The highest BCUT2D eigenvalue weighted by atomic mass is 16.2. The van der Waals surface area contributed by atoms with E-state index in [1.54, 1.807) is 0 Å². The molecule has 2 heterocycles. The topological polar surface area (TPSA) is 79.8 Å². The van der Waals surface area contributed by atoms with Crippen molar-refractivity contribution >= 4 is 17.7 Å². The average molecular weight is 194 g/mol. The van der Waals surface area contributed by atoms with Gasteiger partial charge in [0.1, 0.15) is 11.3 Å². The molecule has 5 nitrogen and oxygen atoms in total. The van der Waals surface area contributed by atoms with E-state index in [0.717, 1.165) is 25.8 Å². The molecule has 0 bridgehead atoms. The number of carbonyl (C=O) groups excluding carboxylic acids is 1. The predicted octanol–water partition coefficient (Wildman–Crippen LogP) is 0.0196. The highest BCUT2D eigenvalue weighted by molar-refractivity contribution is 6.19. The third-order valence-corrected chi connectivity index (χ3v) is 2.96. The maximum absolute atomic E-state index is 11.8. The van der Waals surface area contributed by atoms with Crippen molar-refractivity contribution < 1.29 is 4.79 Å². The van der Waals surface area contributed by atoms with Gasteiger partial charge >= 0.3 is 0 Å². The van der Waals surface area contributed by atoms with Crippen LogP contribution in [0.1, 0.15) is 26.2 Å². The summed E-state index contributed by atoms with van der Waals surface area (Å²) in [5, 5.41) is 2.58. The Morgan fingerprint density at radius 3 is 3.14 bits per heavy atom. The number of fused-ring (bicyclic) bond motifs is 1. The molecule has 5 heteroatoms. The molecule has 1 amide bonds. The molecule has 2 aliphatic heterocycles. The summed E-state index contributed by atoms with van der Waals surface area (Å²) in [4.78, 5) is 20.2.